The molecule has 0 aromatic rings. The van der Waals surface area contributed by atoms with Gasteiger partial charge in [0.15, 0.2) is 16.6 Å². The van der Waals surface area contributed by atoms with Gasteiger partial charge in [0.05, 0.1) is 19.3 Å². The summed E-state index contributed by atoms with van der Waals surface area (Å²) >= 11 is 12.4. The van der Waals surface area contributed by atoms with Gasteiger partial charge in [-0.15, -0.1) is 22.2 Å². The molecule has 0 aromatic heterocycles. The Balaban J connectivity index is 4.84. The molecule has 0 radical (unpaired) electrons. The van der Waals surface area contributed by atoms with E-state index in [1.54, 1.807) is 0 Å². The highest BCUT2D eigenvalue weighted by Crippen LogP contribution is 2.26. The molecule has 0 heterocycles. The minimum Gasteiger partial charge on any atom is -0.414 e. The van der Waals surface area contributed by atoms with E-state index in [1.165, 1.54) is 18.1 Å². The van der Waals surface area contributed by atoms with E-state index in [2.05, 4.69) is 41.5 Å². The predicted octanol–water partition coefficient (Wildman–Crippen LogP) is 7.35. The SMILES string of the molecule is CC[Si](CC)(CC)OCC(COCCC[Si](C)(Cl)Cl)O[Si](CC)(CC)CC. The first-order valence-electron chi connectivity index (χ1n) is 10.9. The summed E-state index contributed by atoms with van der Waals surface area (Å²) in [5.41, 5.74) is 0. The Morgan fingerprint density at radius 2 is 1.22 bits per heavy atom. The van der Waals surface area contributed by atoms with Crippen molar-refractivity contribution < 1.29 is 13.6 Å². The van der Waals surface area contributed by atoms with Crippen LogP contribution in [0.2, 0.25) is 48.9 Å². The third-order valence-corrected chi connectivity index (χ3v) is 17.8. The quantitative estimate of drug-likeness (QED) is 0.125. The first kappa shape index (κ1) is 28.1. The molecule has 3 nitrogen and oxygen atoms in total. The van der Waals surface area contributed by atoms with Crippen molar-refractivity contribution >= 4 is 45.5 Å². The molecule has 0 N–H and O–H groups in total. The van der Waals surface area contributed by atoms with Gasteiger partial charge in [0.1, 0.15) is 0 Å². The van der Waals surface area contributed by atoms with Crippen LogP contribution in [-0.4, -0.2) is 49.3 Å². The van der Waals surface area contributed by atoms with Gasteiger partial charge in [-0.05, 0) is 55.3 Å². The van der Waals surface area contributed by atoms with Gasteiger partial charge in [-0.3, -0.25) is 0 Å². The van der Waals surface area contributed by atoms with Gasteiger partial charge < -0.3 is 13.6 Å². The fourth-order valence-corrected chi connectivity index (χ4v) is 10.6. The summed E-state index contributed by atoms with van der Waals surface area (Å²) in [5, 5.41) is 0. The van der Waals surface area contributed by atoms with E-state index < -0.39 is 23.3 Å². The standard InChI is InChI=1S/C19H44Cl2O3Si3/c1-8-26(9-2,10-3)23-18-19(24-27(11-4,12-5)13-6)17-22-15-14-16-25(7,20)21/h19H,8-18H2,1-7H3. The zero-order valence-corrected chi connectivity index (χ0v) is 23.3. The maximum Gasteiger partial charge on any atom is 0.248 e. The minimum absolute atomic E-state index is 0.0451. The Hall–Kier alpha value is 1.11. The van der Waals surface area contributed by atoms with Crippen LogP contribution in [0.25, 0.3) is 0 Å². The molecule has 0 amide bonds. The fraction of sp³-hybridized carbons (Fsp3) is 1.00. The average Bonchev–Trinajstić information content (AvgIpc) is 2.66. The third kappa shape index (κ3) is 11.2. The molecule has 0 fully saturated rings. The first-order valence-corrected chi connectivity index (χ1v) is 20.7. The lowest BCUT2D eigenvalue weighted by Crippen LogP contribution is -2.46. The van der Waals surface area contributed by atoms with Gasteiger partial charge in [0.2, 0.25) is 6.69 Å². The van der Waals surface area contributed by atoms with E-state index in [9.17, 15) is 0 Å². The van der Waals surface area contributed by atoms with E-state index in [-0.39, 0.29) is 6.10 Å². The van der Waals surface area contributed by atoms with Gasteiger partial charge in [0, 0.05) is 6.61 Å². The second-order valence-corrected chi connectivity index (χ2v) is 25.5. The molecule has 0 aliphatic carbocycles. The van der Waals surface area contributed by atoms with E-state index in [0.717, 1.165) is 30.6 Å². The molecule has 1 atom stereocenters. The van der Waals surface area contributed by atoms with Crippen molar-refractivity contribution in [1.29, 1.82) is 0 Å². The van der Waals surface area contributed by atoms with Crippen molar-refractivity contribution in [2.45, 2.75) is 103 Å². The lowest BCUT2D eigenvalue weighted by molar-refractivity contribution is 0.0176. The lowest BCUT2D eigenvalue weighted by Gasteiger charge is -2.36. The number of hydrogen-bond donors (Lipinski definition) is 0. The summed E-state index contributed by atoms with van der Waals surface area (Å²) in [5.74, 6) is 0. The zero-order chi connectivity index (χ0) is 21.0. The number of ether oxygens (including phenoxy) is 1. The molecule has 0 bridgehead atoms. The van der Waals surface area contributed by atoms with Gasteiger partial charge >= 0.3 is 0 Å². The molecule has 0 rings (SSSR count). The van der Waals surface area contributed by atoms with Crippen molar-refractivity contribution in [2.24, 2.45) is 0 Å². The van der Waals surface area contributed by atoms with E-state index in [4.69, 9.17) is 35.7 Å². The summed E-state index contributed by atoms with van der Waals surface area (Å²) in [6.45, 7) is 15.5. The number of rotatable bonds is 17. The molecular formula is C19H44Cl2O3Si3. The average molecular weight is 476 g/mol. The van der Waals surface area contributed by atoms with Gasteiger partial charge in [-0.1, -0.05) is 41.5 Å². The Labute approximate surface area is 181 Å². The van der Waals surface area contributed by atoms with Crippen LogP contribution in [0.3, 0.4) is 0 Å². The zero-order valence-electron chi connectivity index (χ0n) is 18.8. The van der Waals surface area contributed by atoms with Gasteiger partial charge in [-0.2, -0.15) is 0 Å². The molecule has 0 saturated heterocycles. The Bertz CT molecular complexity index is 357. The van der Waals surface area contributed by atoms with Crippen LogP contribution in [0.1, 0.15) is 48.0 Å². The third-order valence-electron chi connectivity index (χ3n) is 6.07. The van der Waals surface area contributed by atoms with Crippen LogP contribution >= 0.6 is 22.2 Å². The molecule has 8 heteroatoms. The van der Waals surface area contributed by atoms with Crippen LogP contribution < -0.4 is 0 Å². The molecule has 0 aromatic carbocycles. The summed E-state index contributed by atoms with van der Waals surface area (Å²) in [6.07, 6.45) is 0.961. The Kier molecular flexibility index (Phi) is 14.8. The van der Waals surface area contributed by atoms with Crippen LogP contribution in [0.5, 0.6) is 0 Å². The molecule has 164 valence electrons. The molecule has 0 spiro atoms. The van der Waals surface area contributed by atoms with E-state index in [1.807, 2.05) is 6.55 Å². The predicted molar refractivity (Wildman–Crippen MR) is 129 cm³/mol. The first-order chi connectivity index (χ1) is 12.6. The van der Waals surface area contributed by atoms with E-state index in [0.29, 0.717) is 19.8 Å². The monoisotopic (exact) mass is 474 g/mol. The largest absolute Gasteiger partial charge is 0.414 e. The van der Waals surface area contributed by atoms with Crippen LogP contribution in [-0.2, 0) is 13.6 Å². The molecule has 0 aliphatic heterocycles. The minimum atomic E-state index is -2.02. The van der Waals surface area contributed by atoms with Crippen LogP contribution in [0.4, 0.5) is 0 Å². The summed E-state index contributed by atoms with van der Waals surface area (Å²) < 4.78 is 19.3. The molecule has 0 saturated carbocycles. The second-order valence-electron chi connectivity index (χ2n) is 7.79. The normalized spacial score (nSPS) is 14.6. The second kappa shape index (κ2) is 14.2. The smallest absolute Gasteiger partial charge is 0.248 e. The highest BCUT2D eigenvalue weighted by atomic mass is 35.7. The topological polar surface area (TPSA) is 27.7 Å². The maximum absolute atomic E-state index is 6.73. The fourth-order valence-electron chi connectivity index (χ4n) is 3.50. The highest BCUT2D eigenvalue weighted by Gasteiger charge is 2.34. The Morgan fingerprint density at radius 3 is 1.63 bits per heavy atom. The lowest BCUT2D eigenvalue weighted by atomic mass is 10.4. The van der Waals surface area contributed by atoms with Crippen molar-refractivity contribution in [1.82, 2.24) is 0 Å². The van der Waals surface area contributed by atoms with Crippen molar-refractivity contribution in [3.63, 3.8) is 0 Å². The van der Waals surface area contributed by atoms with Crippen molar-refractivity contribution in [3.05, 3.63) is 0 Å². The van der Waals surface area contributed by atoms with Crippen molar-refractivity contribution in [3.8, 4) is 0 Å². The van der Waals surface area contributed by atoms with Crippen LogP contribution in [0, 0.1) is 0 Å². The van der Waals surface area contributed by atoms with Crippen LogP contribution in [0.15, 0.2) is 0 Å². The highest BCUT2D eigenvalue weighted by molar-refractivity contribution is 7.44. The summed E-state index contributed by atoms with van der Waals surface area (Å²) in [4.78, 5) is 0. The molecule has 1 unspecified atom stereocenters. The molecule has 0 aliphatic rings. The maximum atomic E-state index is 6.73. The number of hydrogen-bond acceptors (Lipinski definition) is 3. The van der Waals surface area contributed by atoms with Crippen molar-refractivity contribution in [2.75, 3.05) is 19.8 Å². The molecule has 27 heavy (non-hydrogen) atoms. The molecular weight excluding hydrogens is 431 g/mol. The van der Waals surface area contributed by atoms with E-state index >= 15 is 0 Å². The summed E-state index contributed by atoms with van der Waals surface area (Å²) in [6, 6.07) is 7.82. The van der Waals surface area contributed by atoms with Gasteiger partial charge in [0.25, 0.3) is 0 Å². The summed E-state index contributed by atoms with van der Waals surface area (Å²) in [7, 11) is -3.30. The number of halogens is 2. The Morgan fingerprint density at radius 1 is 0.741 bits per heavy atom. The van der Waals surface area contributed by atoms with Gasteiger partial charge in [-0.25, -0.2) is 0 Å².